The maximum atomic E-state index is 10.2. The maximum absolute atomic E-state index is 10.2. The predicted molar refractivity (Wildman–Crippen MR) is 38.1 cm³/mol. The molecule has 3 nitrogen and oxygen atoms in total. The third-order valence-electron chi connectivity index (χ3n) is 1.43. The van der Waals surface area contributed by atoms with Crippen LogP contribution in [-0.4, -0.2) is 35.5 Å². The number of carbonyl (C=O) groups is 1. The number of nitrogens with zero attached hydrogens (tertiary/aromatic N) is 1. The van der Waals surface area contributed by atoms with Gasteiger partial charge in [-0.15, -0.1) is 11.8 Å². The molecule has 52 valence electrons. The van der Waals surface area contributed by atoms with E-state index in [1.807, 2.05) is 0 Å². The molecular weight excluding hydrogens is 136 g/mol. The van der Waals surface area contributed by atoms with Gasteiger partial charge in [0.2, 0.25) is 6.41 Å². The maximum Gasteiger partial charge on any atom is 0.210 e. The number of carbonyl (C=O) groups excluding carboxylic acids is 1. The van der Waals surface area contributed by atoms with E-state index in [0.29, 0.717) is 6.54 Å². The summed E-state index contributed by atoms with van der Waals surface area (Å²) >= 11 is 1.75. The Balaban J connectivity index is 2.41. The lowest BCUT2D eigenvalue weighted by Gasteiger charge is -2.15. The van der Waals surface area contributed by atoms with Crippen molar-refractivity contribution in [3.05, 3.63) is 0 Å². The molecule has 1 heterocycles. The Morgan fingerprint density at radius 2 is 2.67 bits per heavy atom. The van der Waals surface area contributed by atoms with Crippen molar-refractivity contribution in [2.45, 2.75) is 6.04 Å². The normalized spacial score (nSPS) is 26.8. The van der Waals surface area contributed by atoms with Crippen LogP contribution in [0.25, 0.3) is 0 Å². The highest BCUT2D eigenvalue weighted by atomic mass is 32.2. The van der Waals surface area contributed by atoms with Crippen LogP contribution in [0.1, 0.15) is 0 Å². The Morgan fingerprint density at radius 3 is 3.11 bits per heavy atom. The molecule has 0 aromatic rings. The number of hydrogen-bond donors (Lipinski definition) is 1. The summed E-state index contributed by atoms with van der Waals surface area (Å²) in [6.07, 6.45) is 0.873. The summed E-state index contributed by atoms with van der Waals surface area (Å²) in [6, 6.07) is 0.285. The van der Waals surface area contributed by atoms with Crippen LogP contribution in [0.5, 0.6) is 0 Å². The van der Waals surface area contributed by atoms with Crippen LogP contribution in [0.2, 0.25) is 0 Å². The first-order valence-corrected chi connectivity index (χ1v) is 4.03. The Kier molecular flexibility index (Phi) is 2.36. The zero-order valence-electron chi connectivity index (χ0n) is 5.12. The lowest BCUT2D eigenvalue weighted by atomic mass is 10.3. The Hall–Kier alpha value is -0.220. The van der Waals surface area contributed by atoms with Gasteiger partial charge in [0.15, 0.2) is 0 Å². The van der Waals surface area contributed by atoms with Gasteiger partial charge in [-0.05, 0) is 0 Å². The van der Waals surface area contributed by atoms with Gasteiger partial charge in [-0.2, -0.15) is 0 Å². The van der Waals surface area contributed by atoms with Crippen molar-refractivity contribution in [1.82, 2.24) is 4.90 Å². The van der Waals surface area contributed by atoms with Crippen molar-refractivity contribution in [2.24, 2.45) is 5.73 Å². The number of thioether (sulfide) groups is 1. The molecule has 1 unspecified atom stereocenters. The van der Waals surface area contributed by atoms with E-state index in [1.54, 1.807) is 16.7 Å². The Labute approximate surface area is 58.6 Å². The summed E-state index contributed by atoms with van der Waals surface area (Å²) in [6.45, 7) is 0.589. The minimum absolute atomic E-state index is 0.285. The molecule has 9 heavy (non-hydrogen) atoms. The number of amides is 1. The second-order valence-corrected chi connectivity index (χ2v) is 3.01. The molecule has 1 aliphatic heterocycles. The number of rotatable bonds is 2. The molecule has 4 heteroatoms. The second-order valence-electron chi connectivity index (χ2n) is 2.01. The van der Waals surface area contributed by atoms with Crippen LogP contribution >= 0.6 is 11.8 Å². The minimum atomic E-state index is 0.285. The van der Waals surface area contributed by atoms with Crippen molar-refractivity contribution >= 4 is 18.2 Å². The quantitative estimate of drug-likeness (QED) is 0.533. The number of nitrogens with two attached hydrogens (primary N) is 1. The highest BCUT2D eigenvalue weighted by Gasteiger charge is 2.21. The summed E-state index contributed by atoms with van der Waals surface area (Å²) in [4.78, 5) is 12.0. The molecule has 0 aromatic carbocycles. The molecule has 1 fully saturated rings. The lowest BCUT2D eigenvalue weighted by Crippen LogP contribution is -2.35. The zero-order valence-corrected chi connectivity index (χ0v) is 5.93. The van der Waals surface area contributed by atoms with Crippen molar-refractivity contribution in [3.8, 4) is 0 Å². The first-order chi connectivity index (χ1) is 4.38. The lowest BCUT2D eigenvalue weighted by molar-refractivity contribution is -0.118. The molecule has 0 radical (unpaired) electrons. The molecule has 0 saturated carbocycles. The molecule has 1 atom stereocenters. The Bertz CT molecular complexity index is 109. The van der Waals surface area contributed by atoms with Crippen LogP contribution in [0.15, 0.2) is 0 Å². The van der Waals surface area contributed by atoms with E-state index >= 15 is 0 Å². The fourth-order valence-corrected chi connectivity index (χ4v) is 2.00. The predicted octanol–water partition coefficient (Wildman–Crippen LogP) is -0.524. The first-order valence-electron chi connectivity index (χ1n) is 2.87. The van der Waals surface area contributed by atoms with Gasteiger partial charge >= 0.3 is 0 Å². The summed E-state index contributed by atoms with van der Waals surface area (Å²) in [5, 5.41) is 0. The third-order valence-corrected chi connectivity index (χ3v) is 2.53. The van der Waals surface area contributed by atoms with E-state index in [0.717, 1.165) is 18.0 Å². The Morgan fingerprint density at radius 1 is 1.89 bits per heavy atom. The molecule has 0 spiro atoms. The van der Waals surface area contributed by atoms with E-state index in [-0.39, 0.29) is 6.04 Å². The molecule has 1 amide bonds. The monoisotopic (exact) mass is 146 g/mol. The molecular formula is C5H10N2OS. The highest BCUT2D eigenvalue weighted by molar-refractivity contribution is 7.99. The van der Waals surface area contributed by atoms with Gasteiger partial charge in [-0.25, -0.2) is 0 Å². The second kappa shape index (κ2) is 3.08. The fraction of sp³-hybridized carbons (Fsp3) is 0.800. The summed E-state index contributed by atoms with van der Waals surface area (Å²) in [7, 11) is 0. The van der Waals surface area contributed by atoms with Crippen LogP contribution in [0.3, 0.4) is 0 Å². The van der Waals surface area contributed by atoms with Crippen LogP contribution in [-0.2, 0) is 4.79 Å². The molecule has 2 N–H and O–H groups in total. The standard InChI is InChI=1S/C5H10N2OS/c6-1-5-2-9-4-7(5)3-8/h3,5H,1-2,4,6H2. The van der Waals surface area contributed by atoms with Crippen LogP contribution in [0.4, 0.5) is 0 Å². The SMILES string of the molecule is NCC1CSCN1C=O. The fourth-order valence-electron chi connectivity index (χ4n) is 0.815. The van der Waals surface area contributed by atoms with Gasteiger partial charge in [0, 0.05) is 12.3 Å². The summed E-state index contributed by atoms with van der Waals surface area (Å²) in [5.41, 5.74) is 5.39. The van der Waals surface area contributed by atoms with Gasteiger partial charge in [0.05, 0.1) is 11.9 Å². The molecule has 0 bridgehead atoms. The van der Waals surface area contributed by atoms with Gasteiger partial charge in [-0.1, -0.05) is 0 Å². The molecule has 1 saturated heterocycles. The van der Waals surface area contributed by atoms with E-state index < -0.39 is 0 Å². The minimum Gasteiger partial charge on any atom is -0.331 e. The van der Waals surface area contributed by atoms with Crippen molar-refractivity contribution in [3.63, 3.8) is 0 Å². The number of hydrogen-bond acceptors (Lipinski definition) is 3. The van der Waals surface area contributed by atoms with E-state index in [2.05, 4.69) is 0 Å². The van der Waals surface area contributed by atoms with Crippen LogP contribution < -0.4 is 5.73 Å². The van der Waals surface area contributed by atoms with E-state index in [9.17, 15) is 4.79 Å². The smallest absolute Gasteiger partial charge is 0.210 e. The summed E-state index contributed by atoms with van der Waals surface area (Å²) < 4.78 is 0. The van der Waals surface area contributed by atoms with Crippen molar-refractivity contribution in [1.29, 1.82) is 0 Å². The summed E-state index contributed by atoms with van der Waals surface area (Å²) in [5.74, 6) is 1.81. The van der Waals surface area contributed by atoms with Gasteiger partial charge in [-0.3, -0.25) is 4.79 Å². The molecule has 1 aliphatic rings. The van der Waals surface area contributed by atoms with Gasteiger partial charge in [0.25, 0.3) is 0 Å². The van der Waals surface area contributed by atoms with Gasteiger partial charge in [0.1, 0.15) is 0 Å². The highest BCUT2D eigenvalue weighted by Crippen LogP contribution is 2.17. The average molecular weight is 146 g/mol. The topological polar surface area (TPSA) is 46.3 Å². The largest absolute Gasteiger partial charge is 0.331 e. The van der Waals surface area contributed by atoms with Crippen molar-refractivity contribution < 1.29 is 4.79 Å². The average Bonchev–Trinajstić information content (AvgIpc) is 2.33. The molecule has 0 aromatic heterocycles. The molecule has 0 aliphatic carbocycles. The third kappa shape index (κ3) is 1.37. The first kappa shape index (κ1) is 6.89. The molecule has 1 rings (SSSR count). The van der Waals surface area contributed by atoms with Gasteiger partial charge < -0.3 is 10.6 Å². The zero-order chi connectivity index (χ0) is 6.69. The van der Waals surface area contributed by atoms with Crippen LogP contribution in [0, 0.1) is 0 Å². The van der Waals surface area contributed by atoms with E-state index in [1.165, 1.54) is 0 Å². The van der Waals surface area contributed by atoms with Crippen molar-refractivity contribution in [2.75, 3.05) is 18.2 Å². The van der Waals surface area contributed by atoms with E-state index in [4.69, 9.17) is 5.73 Å².